The molecule has 9 nitrogen and oxygen atoms in total. The van der Waals surface area contributed by atoms with Gasteiger partial charge in [-0.3, -0.25) is 0 Å². The van der Waals surface area contributed by atoms with E-state index in [9.17, 15) is 4.79 Å². The number of allylic oxidation sites excluding steroid dienone is 2. The average molecular weight is 397 g/mol. The molecule has 0 spiro atoms. The summed E-state index contributed by atoms with van der Waals surface area (Å²) in [7, 11) is 1.59. The fraction of sp³-hybridized carbons (Fsp3) is 0.300. The van der Waals surface area contributed by atoms with Crippen LogP contribution in [-0.2, 0) is 19.0 Å². The number of nitrogens with one attached hydrogen (secondary N) is 1. The number of rotatable bonds is 9. The SMILES string of the molecule is COCCOCOC1=CC=CC(Nc2nc(N)n(-c3cccc(C)c3)n2)C1=C=O. The lowest BCUT2D eigenvalue weighted by Gasteiger charge is -2.20. The Balaban J connectivity index is 1.69. The summed E-state index contributed by atoms with van der Waals surface area (Å²) in [6, 6.07) is 7.22. The third kappa shape index (κ3) is 5.11. The van der Waals surface area contributed by atoms with Gasteiger partial charge in [0.2, 0.25) is 11.9 Å². The zero-order valence-electron chi connectivity index (χ0n) is 16.3. The number of aromatic nitrogens is 3. The van der Waals surface area contributed by atoms with Crippen LogP contribution in [0.4, 0.5) is 11.9 Å². The van der Waals surface area contributed by atoms with Crippen LogP contribution in [0.3, 0.4) is 0 Å². The van der Waals surface area contributed by atoms with Crippen molar-refractivity contribution in [3.05, 3.63) is 59.4 Å². The molecule has 29 heavy (non-hydrogen) atoms. The maximum absolute atomic E-state index is 11.5. The second-order valence-corrected chi connectivity index (χ2v) is 6.26. The lowest BCUT2D eigenvalue weighted by Crippen LogP contribution is -2.25. The number of benzene rings is 1. The number of nitrogens with zero attached hydrogens (tertiary/aromatic N) is 3. The van der Waals surface area contributed by atoms with Crippen molar-refractivity contribution in [3.63, 3.8) is 0 Å². The first kappa shape index (κ1) is 20.3. The monoisotopic (exact) mass is 397 g/mol. The van der Waals surface area contributed by atoms with Gasteiger partial charge in [-0.25, -0.2) is 4.79 Å². The Labute approximate surface area is 168 Å². The van der Waals surface area contributed by atoms with Crippen molar-refractivity contribution in [1.82, 2.24) is 14.8 Å². The van der Waals surface area contributed by atoms with Crippen molar-refractivity contribution in [2.24, 2.45) is 0 Å². The Morgan fingerprint density at radius 1 is 1.34 bits per heavy atom. The van der Waals surface area contributed by atoms with E-state index in [1.54, 1.807) is 25.3 Å². The lowest BCUT2D eigenvalue weighted by atomic mass is 10.0. The van der Waals surface area contributed by atoms with E-state index in [1.165, 1.54) is 4.68 Å². The molecule has 3 N–H and O–H groups in total. The van der Waals surface area contributed by atoms with Crippen molar-refractivity contribution in [1.29, 1.82) is 0 Å². The lowest BCUT2D eigenvalue weighted by molar-refractivity contribution is -0.0376. The number of methoxy groups -OCH3 is 1. The van der Waals surface area contributed by atoms with E-state index in [-0.39, 0.29) is 24.3 Å². The molecule has 152 valence electrons. The number of hydrogen-bond donors (Lipinski definition) is 2. The molecule has 0 saturated heterocycles. The molecule has 3 rings (SSSR count). The van der Waals surface area contributed by atoms with Crippen LogP contribution >= 0.6 is 0 Å². The largest absolute Gasteiger partial charge is 0.466 e. The third-order valence-corrected chi connectivity index (χ3v) is 4.13. The van der Waals surface area contributed by atoms with Crippen LogP contribution in [0.2, 0.25) is 0 Å². The average Bonchev–Trinajstić information content (AvgIpc) is 3.08. The van der Waals surface area contributed by atoms with Crippen LogP contribution < -0.4 is 11.1 Å². The maximum Gasteiger partial charge on any atom is 0.245 e. The number of aryl methyl sites for hydroxylation is 1. The van der Waals surface area contributed by atoms with E-state index < -0.39 is 6.04 Å². The highest BCUT2D eigenvalue weighted by molar-refractivity contribution is 5.66. The first-order valence-electron chi connectivity index (χ1n) is 9.02. The molecule has 0 fully saturated rings. The topological polar surface area (TPSA) is 114 Å². The predicted octanol–water partition coefficient (Wildman–Crippen LogP) is 1.79. The number of nitrogens with two attached hydrogens (primary N) is 1. The highest BCUT2D eigenvalue weighted by atomic mass is 16.7. The van der Waals surface area contributed by atoms with E-state index in [0.29, 0.717) is 19.0 Å². The van der Waals surface area contributed by atoms with Gasteiger partial charge < -0.3 is 25.3 Å². The number of hydrogen-bond acceptors (Lipinski definition) is 8. The van der Waals surface area contributed by atoms with Gasteiger partial charge in [0.25, 0.3) is 0 Å². The fourth-order valence-corrected chi connectivity index (χ4v) is 2.73. The molecule has 1 heterocycles. The van der Waals surface area contributed by atoms with E-state index in [4.69, 9.17) is 19.9 Å². The number of nitrogen functional groups attached to an aromatic ring is 1. The maximum atomic E-state index is 11.5. The normalized spacial score (nSPS) is 15.7. The summed E-state index contributed by atoms with van der Waals surface area (Å²) in [5.74, 6) is 2.80. The Morgan fingerprint density at radius 3 is 2.97 bits per heavy atom. The Bertz CT molecular complexity index is 960. The second-order valence-electron chi connectivity index (χ2n) is 6.26. The molecular formula is C20H23N5O4. The van der Waals surface area contributed by atoms with Crippen LogP contribution in [0.5, 0.6) is 0 Å². The third-order valence-electron chi connectivity index (χ3n) is 4.13. The summed E-state index contributed by atoms with van der Waals surface area (Å²) >= 11 is 0. The molecule has 0 aliphatic heterocycles. The van der Waals surface area contributed by atoms with Crippen molar-refractivity contribution in [2.75, 3.05) is 38.2 Å². The van der Waals surface area contributed by atoms with Gasteiger partial charge in [-0.2, -0.15) is 9.67 Å². The summed E-state index contributed by atoms with van der Waals surface area (Å²) in [5.41, 5.74) is 8.17. The minimum absolute atomic E-state index is 0.00584. The molecule has 0 bridgehead atoms. The number of anilines is 2. The summed E-state index contributed by atoms with van der Waals surface area (Å²) in [5, 5.41) is 7.48. The highest BCUT2D eigenvalue weighted by Crippen LogP contribution is 2.22. The van der Waals surface area contributed by atoms with Gasteiger partial charge in [0.05, 0.1) is 24.9 Å². The first-order valence-corrected chi connectivity index (χ1v) is 9.02. The zero-order valence-corrected chi connectivity index (χ0v) is 16.3. The fourth-order valence-electron chi connectivity index (χ4n) is 2.73. The molecule has 1 atom stereocenters. The molecule has 1 aromatic heterocycles. The molecular weight excluding hydrogens is 374 g/mol. The minimum atomic E-state index is -0.515. The van der Waals surface area contributed by atoms with Crippen LogP contribution in [0, 0.1) is 6.92 Å². The van der Waals surface area contributed by atoms with Crippen LogP contribution in [-0.4, -0.2) is 53.9 Å². The summed E-state index contributed by atoms with van der Waals surface area (Å²) < 4.78 is 17.2. The Kier molecular flexibility index (Phi) is 6.80. The van der Waals surface area contributed by atoms with Crippen molar-refractivity contribution in [3.8, 4) is 5.69 Å². The summed E-state index contributed by atoms with van der Waals surface area (Å²) in [6.07, 6.45) is 5.22. The summed E-state index contributed by atoms with van der Waals surface area (Å²) in [4.78, 5) is 15.8. The second kappa shape index (κ2) is 9.70. The molecule has 0 radical (unpaired) electrons. The molecule has 1 aliphatic carbocycles. The smallest absolute Gasteiger partial charge is 0.245 e. The quantitative estimate of drug-likeness (QED) is 0.374. The van der Waals surface area contributed by atoms with E-state index >= 15 is 0 Å². The van der Waals surface area contributed by atoms with Crippen LogP contribution in [0.15, 0.2) is 53.8 Å². The minimum Gasteiger partial charge on any atom is -0.466 e. The molecule has 2 aromatic rings. The molecule has 9 heteroatoms. The van der Waals surface area contributed by atoms with Gasteiger partial charge in [-0.05, 0) is 30.7 Å². The Morgan fingerprint density at radius 2 is 2.21 bits per heavy atom. The van der Waals surface area contributed by atoms with Crippen LogP contribution in [0.1, 0.15) is 5.56 Å². The number of carbonyl (C=O) groups excluding carboxylic acids is 1. The Hall–Kier alpha value is -3.39. The van der Waals surface area contributed by atoms with E-state index in [2.05, 4.69) is 15.4 Å². The molecule has 1 aliphatic rings. The van der Waals surface area contributed by atoms with Gasteiger partial charge >= 0.3 is 0 Å². The van der Waals surface area contributed by atoms with Crippen molar-refractivity contribution in [2.45, 2.75) is 13.0 Å². The van der Waals surface area contributed by atoms with Gasteiger partial charge in [0, 0.05) is 7.11 Å². The summed E-state index contributed by atoms with van der Waals surface area (Å²) in [6.45, 7) is 2.82. The van der Waals surface area contributed by atoms with E-state index in [0.717, 1.165) is 11.3 Å². The molecule has 1 aromatic carbocycles. The standard InChI is InChI=1S/C20H23N5O4/c1-14-5-3-6-15(11-14)25-19(21)23-20(24-25)22-17-7-4-8-18(16(17)12-26)29-13-28-10-9-27-2/h3-8,11,17H,9-10,13H2,1-2H3,(H3,21,22,23,24). The highest BCUT2D eigenvalue weighted by Gasteiger charge is 2.23. The first-order chi connectivity index (χ1) is 14.1. The molecule has 1 unspecified atom stereocenters. The molecule has 0 amide bonds. The van der Waals surface area contributed by atoms with Gasteiger partial charge in [-0.15, -0.1) is 5.10 Å². The van der Waals surface area contributed by atoms with Crippen LogP contribution in [0.25, 0.3) is 5.69 Å². The number of ether oxygens (including phenoxy) is 3. The van der Waals surface area contributed by atoms with Gasteiger partial charge in [0.15, 0.2) is 6.79 Å². The zero-order chi connectivity index (χ0) is 20.6. The van der Waals surface area contributed by atoms with Crippen molar-refractivity contribution < 1.29 is 19.0 Å². The van der Waals surface area contributed by atoms with Crippen molar-refractivity contribution >= 4 is 17.8 Å². The molecule has 0 saturated carbocycles. The van der Waals surface area contributed by atoms with Gasteiger partial charge in [-0.1, -0.05) is 24.3 Å². The van der Waals surface area contributed by atoms with E-state index in [1.807, 2.05) is 37.1 Å². The van der Waals surface area contributed by atoms with Gasteiger partial charge in [0.1, 0.15) is 17.3 Å². The predicted molar refractivity (Wildman–Crippen MR) is 108 cm³/mol.